The highest BCUT2D eigenvalue weighted by Gasteiger charge is 2.27. The Bertz CT molecular complexity index is 883. The van der Waals surface area contributed by atoms with Gasteiger partial charge in [0.2, 0.25) is 17.7 Å². The van der Waals surface area contributed by atoms with E-state index in [1.54, 1.807) is 29.4 Å². The van der Waals surface area contributed by atoms with Gasteiger partial charge in [0.05, 0.1) is 13.0 Å². The third kappa shape index (κ3) is 6.37. The van der Waals surface area contributed by atoms with Gasteiger partial charge in [-0.3, -0.25) is 19.4 Å². The van der Waals surface area contributed by atoms with Crippen LogP contribution in [0.5, 0.6) is 0 Å². The molecule has 2 N–H and O–H groups in total. The standard InChI is InChI=1S/C22H25FN4O3/c23-19-5-1-3-16(11-19)12-20(28)25-15-21(29)27-9-6-18(7-10-27)22(30)26-14-17-4-2-8-24-13-17/h1-5,8,11,13,18H,6-7,9-10,12,14-15H2,(H,25,28)(H,26,30). The van der Waals surface area contributed by atoms with Gasteiger partial charge in [0.15, 0.2) is 0 Å². The fourth-order valence-electron chi connectivity index (χ4n) is 3.41. The molecule has 0 atom stereocenters. The molecule has 0 saturated carbocycles. The molecule has 1 fully saturated rings. The monoisotopic (exact) mass is 412 g/mol. The highest BCUT2D eigenvalue weighted by atomic mass is 19.1. The summed E-state index contributed by atoms with van der Waals surface area (Å²) in [4.78, 5) is 42.3. The topological polar surface area (TPSA) is 91.4 Å². The highest BCUT2D eigenvalue weighted by Crippen LogP contribution is 2.17. The summed E-state index contributed by atoms with van der Waals surface area (Å²) in [6.07, 6.45) is 4.58. The Morgan fingerprint density at radius 3 is 2.53 bits per heavy atom. The van der Waals surface area contributed by atoms with Crippen LogP contribution in [0.3, 0.4) is 0 Å². The molecule has 0 bridgehead atoms. The Labute approximate surface area is 174 Å². The van der Waals surface area contributed by atoms with E-state index >= 15 is 0 Å². The minimum absolute atomic E-state index is 0.0181. The highest BCUT2D eigenvalue weighted by molar-refractivity contribution is 5.86. The Balaban J connectivity index is 1.36. The van der Waals surface area contributed by atoms with Gasteiger partial charge < -0.3 is 15.5 Å². The van der Waals surface area contributed by atoms with E-state index < -0.39 is 5.82 Å². The summed E-state index contributed by atoms with van der Waals surface area (Å²) in [5.41, 5.74) is 1.49. The lowest BCUT2D eigenvalue weighted by Crippen LogP contribution is -2.46. The number of nitrogens with one attached hydrogen (secondary N) is 2. The summed E-state index contributed by atoms with van der Waals surface area (Å²) in [5, 5.41) is 5.50. The first-order chi connectivity index (χ1) is 14.5. The number of hydrogen-bond donors (Lipinski definition) is 2. The van der Waals surface area contributed by atoms with Gasteiger partial charge in [0.1, 0.15) is 5.82 Å². The van der Waals surface area contributed by atoms with Crippen LogP contribution >= 0.6 is 0 Å². The second-order valence-electron chi connectivity index (χ2n) is 7.32. The molecule has 1 aliphatic rings. The van der Waals surface area contributed by atoms with Crippen molar-refractivity contribution in [2.75, 3.05) is 19.6 Å². The number of aromatic nitrogens is 1. The predicted molar refractivity (Wildman–Crippen MR) is 109 cm³/mol. The molecule has 2 heterocycles. The van der Waals surface area contributed by atoms with Crippen molar-refractivity contribution >= 4 is 17.7 Å². The van der Waals surface area contributed by atoms with Gasteiger partial charge in [-0.05, 0) is 42.2 Å². The third-order valence-corrected chi connectivity index (χ3v) is 5.10. The van der Waals surface area contributed by atoms with Gasteiger partial charge >= 0.3 is 0 Å². The van der Waals surface area contributed by atoms with Gasteiger partial charge in [-0.15, -0.1) is 0 Å². The molecule has 30 heavy (non-hydrogen) atoms. The number of benzene rings is 1. The molecule has 1 aromatic heterocycles. The molecule has 1 saturated heterocycles. The second kappa shape index (κ2) is 10.5. The first-order valence-corrected chi connectivity index (χ1v) is 9.97. The number of hydrogen-bond acceptors (Lipinski definition) is 4. The van der Waals surface area contributed by atoms with Crippen molar-refractivity contribution in [3.05, 3.63) is 65.7 Å². The van der Waals surface area contributed by atoms with E-state index in [0.29, 0.717) is 38.0 Å². The average molecular weight is 412 g/mol. The summed E-state index contributed by atoms with van der Waals surface area (Å²) < 4.78 is 13.2. The molecule has 2 aromatic rings. The van der Waals surface area contributed by atoms with Crippen LogP contribution < -0.4 is 10.6 Å². The number of rotatable bonds is 7. The maximum atomic E-state index is 13.2. The zero-order chi connectivity index (χ0) is 21.3. The second-order valence-corrected chi connectivity index (χ2v) is 7.32. The lowest BCUT2D eigenvalue weighted by molar-refractivity contribution is -0.136. The van der Waals surface area contributed by atoms with E-state index in [9.17, 15) is 18.8 Å². The normalized spacial score (nSPS) is 14.2. The molecule has 158 valence electrons. The molecule has 0 radical (unpaired) electrons. The van der Waals surface area contributed by atoms with Crippen LogP contribution in [0, 0.1) is 11.7 Å². The number of carbonyl (C=O) groups excluding carboxylic acids is 3. The fourth-order valence-corrected chi connectivity index (χ4v) is 3.41. The first kappa shape index (κ1) is 21.4. The van der Waals surface area contributed by atoms with E-state index in [-0.39, 0.29) is 36.6 Å². The molecule has 1 aliphatic heterocycles. The van der Waals surface area contributed by atoms with Crippen LogP contribution in [-0.2, 0) is 27.3 Å². The number of nitrogens with zero attached hydrogens (tertiary/aromatic N) is 2. The number of pyridine rings is 1. The van der Waals surface area contributed by atoms with Crippen molar-refractivity contribution in [3.63, 3.8) is 0 Å². The molecule has 0 spiro atoms. The molecule has 0 aliphatic carbocycles. The zero-order valence-corrected chi connectivity index (χ0v) is 16.6. The van der Waals surface area contributed by atoms with E-state index in [2.05, 4.69) is 15.6 Å². The van der Waals surface area contributed by atoms with Crippen molar-refractivity contribution in [2.24, 2.45) is 5.92 Å². The Kier molecular flexibility index (Phi) is 7.48. The van der Waals surface area contributed by atoms with Gasteiger partial charge in [-0.1, -0.05) is 18.2 Å². The number of amides is 3. The molecular formula is C22H25FN4O3. The van der Waals surface area contributed by atoms with Gasteiger partial charge in [0.25, 0.3) is 0 Å². The van der Waals surface area contributed by atoms with Crippen LogP contribution in [0.4, 0.5) is 4.39 Å². The third-order valence-electron chi connectivity index (χ3n) is 5.10. The molecule has 1 aromatic carbocycles. The smallest absolute Gasteiger partial charge is 0.241 e. The minimum Gasteiger partial charge on any atom is -0.352 e. The Hall–Kier alpha value is -3.29. The molecule has 0 unspecified atom stereocenters. The van der Waals surface area contributed by atoms with Crippen LogP contribution in [-0.4, -0.2) is 47.2 Å². The molecule has 3 amide bonds. The number of likely N-dealkylation sites (tertiary alicyclic amines) is 1. The van der Waals surface area contributed by atoms with Crippen LogP contribution in [0.25, 0.3) is 0 Å². The SMILES string of the molecule is O=C(Cc1cccc(F)c1)NCC(=O)N1CCC(C(=O)NCc2cccnc2)CC1. The van der Waals surface area contributed by atoms with Gasteiger partial charge in [-0.25, -0.2) is 4.39 Å². The lowest BCUT2D eigenvalue weighted by Gasteiger charge is -2.31. The van der Waals surface area contributed by atoms with Crippen molar-refractivity contribution in [1.82, 2.24) is 20.5 Å². The summed E-state index contributed by atoms with van der Waals surface area (Å²) in [7, 11) is 0. The van der Waals surface area contributed by atoms with E-state index in [0.717, 1.165) is 5.56 Å². The fraction of sp³-hybridized carbons (Fsp3) is 0.364. The van der Waals surface area contributed by atoms with Crippen molar-refractivity contribution in [2.45, 2.75) is 25.8 Å². The van der Waals surface area contributed by atoms with Gasteiger partial charge in [0, 0.05) is 37.9 Å². The molecule has 8 heteroatoms. The summed E-state index contributed by atoms with van der Waals surface area (Å²) in [6, 6.07) is 9.54. The quantitative estimate of drug-likeness (QED) is 0.720. The van der Waals surface area contributed by atoms with Gasteiger partial charge in [-0.2, -0.15) is 0 Å². The zero-order valence-electron chi connectivity index (χ0n) is 16.6. The number of piperidine rings is 1. The lowest BCUT2D eigenvalue weighted by atomic mass is 9.95. The minimum atomic E-state index is -0.399. The molecular weight excluding hydrogens is 387 g/mol. The average Bonchev–Trinajstić information content (AvgIpc) is 2.76. The number of halogens is 1. The van der Waals surface area contributed by atoms with Crippen LogP contribution in [0.15, 0.2) is 48.8 Å². The van der Waals surface area contributed by atoms with Crippen molar-refractivity contribution < 1.29 is 18.8 Å². The predicted octanol–water partition coefficient (Wildman–Crippen LogP) is 1.43. The summed E-state index contributed by atoms with van der Waals surface area (Å²) in [5.74, 6) is -1.07. The van der Waals surface area contributed by atoms with E-state index in [4.69, 9.17) is 0 Å². The summed E-state index contributed by atoms with van der Waals surface area (Å²) >= 11 is 0. The Morgan fingerprint density at radius 2 is 1.83 bits per heavy atom. The molecule has 3 rings (SSSR count). The maximum Gasteiger partial charge on any atom is 0.241 e. The number of carbonyl (C=O) groups is 3. The van der Waals surface area contributed by atoms with Crippen LogP contribution in [0.1, 0.15) is 24.0 Å². The van der Waals surface area contributed by atoms with Crippen LogP contribution in [0.2, 0.25) is 0 Å². The first-order valence-electron chi connectivity index (χ1n) is 9.97. The van der Waals surface area contributed by atoms with Crippen molar-refractivity contribution in [1.29, 1.82) is 0 Å². The van der Waals surface area contributed by atoms with Crippen molar-refractivity contribution in [3.8, 4) is 0 Å². The van der Waals surface area contributed by atoms with E-state index in [1.165, 1.54) is 12.1 Å². The Morgan fingerprint density at radius 1 is 1.07 bits per heavy atom. The maximum absolute atomic E-state index is 13.2. The largest absolute Gasteiger partial charge is 0.352 e. The van der Waals surface area contributed by atoms with E-state index in [1.807, 2.05) is 12.1 Å². The summed E-state index contributed by atoms with van der Waals surface area (Å²) in [6.45, 7) is 1.28. The molecule has 7 nitrogen and oxygen atoms in total.